The van der Waals surface area contributed by atoms with Crippen molar-refractivity contribution in [3.8, 4) is 6.07 Å². The summed E-state index contributed by atoms with van der Waals surface area (Å²) in [7, 11) is 0. The van der Waals surface area contributed by atoms with Crippen molar-refractivity contribution in [2.75, 3.05) is 0 Å². The Morgan fingerprint density at radius 1 is 1.15 bits per heavy atom. The van der Waals surface area contributed by atoms with Gasteiger partial charge in [-0.25, -0.2) is 4.98 Å². The number of benzene rings is 3. The number of nitro groups is 1. The molecule has 5 rings (SSSR count). The molecule has 0 aliphatic carbocycles. The number of non-ortho nitro benzene ring substituents is 1. The van der Waals surface area contributed by atoms with Crippen molar-refractivity contribution in [3.63, 3.8) is 0 Å². The number of H-pyrrole nitrogens is 1. The summed E-state index contributed by atoms with van der Waals surface area (Å²) in [5.41, 5.74) is 7.30. The number of aromatic nitrogens is 3. The van der Waals surface area contributed by atoms with Crippen LogP contribution in [0.25, 0.3) is 33.6 Å². The number of aromatic amines is 1. The van der Waals surface area contributed by atoms with E-state index in [2.05, 4.69) is 20.6 Å². The van der Waals surface area contributed by atoms with Crippen molar-refractivity contribution in [2.45, 2.75) is 20.4 Å². The van der Waals surface area contributed by atoms with Gasteiger partial charge in [0.25, 0.3) is 5.69 Å². The molecule has 2 heterocycles. The zero-order valence-corrected chi connectivity index (χ0v) is 18.7. The smallest absolute Gasteiger partial charge is 0.269 e. The van der Waals surface area contributed by atoms with Gasteiger partial charge >= 0.3 is 0 Å². The highest BCUT2D eigenvalue weighted by atomic mass is 16.6. The van der Waals surface area contributed by atoms with Crippen LogP contribution in [0.15, 0.2) is 66.7 Å². The maximum absolute atomic E-state index is 11.0. The van der Waals surface area contributed by atoms with Crippen molar-refractivity contribution in [1.29, 1.82) is 5.26 Å². The van der Waals surface area contributed by atoms with Gasteiger partial charge in [0, 0.05) is 40.8 Å². The molecule has 5 aromatic rings. The van der Waals surface area contributed by atoms with E-state index < -0.39 is 4.92 Å². The van der Waals surface area contributed by atoms with Crippen molar-refractivity contribution in [1.82, 2.24) is 14.5 Å². The molecule has 2 aromatic heterocycles. The van der Waals surface area contributed by atoms with Crippen LogP contribution in [0.4, 0.5) is 5.69 Å². The highest BCUT2D eigenvalue weighted by Crippen LogP contribution is 2.30. The van der Waals surface area contributed by atoms with Crippen molar-refractivity contribution in [2.24, 2.45) is 0 Å². The summed E-state index contributed by atoms with van der Waals surface area (Å²) >= 11 is 0. The van der Waals surface area contributed by atoms with E-state index >= 15 is 0 Å². The number of rotatable bonds is 5. The Kier molecular flexibility index (Phi) is 5.19. The van der Waals surface area contributed by atoms with Crippen LogP contribution in [0.1, 0.15) is 28.2 Å². The van der Waals surface area contributed by atoms with Crippen LogP contribution in [0.3, 0.4) is 0 Å². The minimum Gasteiger partial charge on any atom is -0.340 e. The molecule has 7 nitrogen and oxygen atoms in total. The normalized spacial score (nSPS) is 11.7. The highest BCUT2D eigenvalue weighted by Gasteiger charge is 2.16. The van der Waals surface area contributed by atoms with Crippen molar-refractivity contribution in [3.05, 3.63) is 105 Å². The average molecular weight is 447 g/mol. The molecule has 1 N–H and O–H groups in total. The van der Waals surface area contributed by atoms with Gasteiger partial charge in [-0.3, -0.25) is 10.1 Å². The Morgan fingerprint density at radius 2 is 1.91 bits per heavy atom. The first kappa shape index (κ1) is 21.2. The van der Waals surface area contributed by atoms with Gasteiger partial charge in [0.1, 0.15) is 11.9 Å². The molecule has 3 aromatic carbocycles. The molecule has 0 amide bonds. The number of para-hydroxylation sites is 1. The zero-order valence-electron chi connectivity index (χ0n) is 18.7. The summed E-state index contributed by atoms with van der Waals surface area (Å²) in [4.78, 5) is 18.5. The van der Waals surface area contributed by atoms with Crippen LogP contribution in [0, 0.1) is 35.3 Å². The molecular formula is C27H21N5O2. The highest BCUT2D eigenvalue weighted by molar-refractivity contribution is 5.99. The fourth-order valence-corrected chi connectivity index (χ4v) is 4.30. The molecule has 34 heavy (non-hydrogen) atoms. The Morgan fingerprint density at radius 3 is 2.65 bits per heavy atom. The molecule has 0 spiro atoms. The Balaban J connectivity index is 1.60. The second-order valence-electron chi connectivity index (χ2n) is 8.30. The number of aryl methyl sites for hydroxylation is 1. The van der Waals surface area contributed by atoms with E-state index in [9.17, 15) is 15.4 Å². The van der Waals surface area contributed by atoms with Crippen molar-refractivity contribution >= 4 is 39.3 Å². The van der Waals surface area contributed by atoms with E-state index in [0.29, 0.717) is 17.9 Å². The molecule has 7 heteroatoms. The third kappa shape index (κ3) is 3.71. The third-order valence-electron chi connectivity index (χ3n) is 6.07. The molecule has 0 unspecified atom stereocenters. The minimum absolute atomic E-state index is 0.0705. The topological polar surface area (TPSA) is 101 Å². The van der Waals surface area contributed by atoms with Crippen LogP contribution in [0.5, 0.6) is 0 Å². The second kappa shape index (κ2) is 8.34. The van der Waals surface area contributed by atoms with Gasteiger partial charge in [-0.05, 0) is 49.2 Å². The maximum Gasteiger partial charge on any atom is 0.269 e. The van der Waals surface area contributed by atoms with Crippen LogP contribution >= 0.6 is 0 Å². The number of nitriles is 1. The van der Waals surface area contributed by atoms with E-state index in [0.717, 1.165) is 44.3 Å². The Bertz CT molecular complexity index is 1630. The van der Waals surface area contributed by atoms with Crippen LogP contribution in [-0.2, 0) is 6.54 Å². The number of allylic oxidation sites excluding steroid dienone is 1. The minimum atomic E-state index is -0.397. The van der Waals surface area contributed by atoms with Gasteiger partial charge in [0.15, 0.2) is 0 Å². The first-order valence-electron chi connectivity index (χ1n) is 10.8. The van der Waals surface area contributed by atoms with Crippen LogP contribution in [0.2, 0.25) is 0 Å². The monoisotopic (exact) mass is 447 g/mol. The molecule has 166 valence electrons. The van der Waals surface area contributed by atoms with Crippen LogP contribution in [-0.4, -0.2) is 19.5 Å². The number of nitrogens with zero attached hydrogens (tertiary/aromatic N) is 4. The largest absolute Gasteiger partial charge is 0.340 e. The number of hydrogen-bond acceptors (Lipinski definition) is 4. The van der Waals surface area contributed by atoms with E-state index in [4.69, 9.17) is 0 Å². The van der Waals surface area contributed by atoms with Gasteiger partial charge in [-0.2, -0.15) is 5.26 Å². The molecule has 0 saturated heterocycles. The summed E-state index contributed by atoms with van der Waals surface area (Å²) in [5.74, 6) is 0.537. The Hall–Kier alpha value is -4.70. The SMILES string of the molecule is Cc1ccc2nc(/C(C#N)=C/c3c(C)n(Cc4ccc([N+](=O)[O-])cc4)c4ccccc34)[nH]c2c1. The standard InChI is InChI=1S/C27H21N5O2/c1-17-7-12-24-25(13-17)30-27(29-24)20(15-28)14-23-18(2)31(26-6-4-3-5-22(23)26)16-19-8-10-21(11-9-19)32(33)34/h3-14H,16H2,1-2H3,(H,29,30)/b20-14+. The summed E-state index contributed by atoms with van der Waals surface area (Å²) in [6, 6.07) is 22.9. The average Bonchev–Trinajstić information content (AvgIpc) is 3.36. The maximum atomic E-state index is 11.0. The van der Waals surface area contributed by atoms with Gasteiger partial charge in [0.05, 0.1) is 21.5 Å². The van der Waals surface area contributed by atoms with Crippen molar-refractivity contribution < 1.29 is 4.92 Å². The fraction of sp³-hybridized carbons (Fsp3) is 0.111. The lowest BCUT2D eigenvalue weighted by Gasteiger charge is -2.09. The lowest BCUT2D eigenvalue weighted by Crippen LogP contribution is -2.02. The van der Waals surface area contributed by atoms with Gasteiger partial charge in [0.2, 0.25) is 0 Å². The first-order chi connectivity index (χ1) is 16.4. The number of hydrogen-bond donors (Lipinski definition) is 1. The van der Waals surface area contributed by atoms with Gasteiger partial charge in [-0.15, -0.1) is 0 Å². The second-order valence-corrected chi connectivity index (χ2v) is 8.30. The molecule has 0 aliphatic heterocycles. The molecule has 0 fully saturated rings. The quantitative estimate of drug-likeness (QED) is 0.198. The van der Waals surface area contributed by atoms with Gasteiger partial charge < -0.3 is 9.55 Å². The zero-order chi connectivity index (χ0) is 23.8. The lowest BCUT2D eigenvalue weighted by molar-refractivity contribution is -0.384. The molecular weight excluding hydrogens is 426 g/mol. The summed E-state index contributed by atoms with van der Waals surface area (Å²) in [6.07, 6.45) is 1.88. The molecule has 0 radical (unpaired) electrons. The predicted molar refractivity (Wildman–Crippen MR) is 133 cm³/mol. The van der Waals surface area contributed by atoms with Crippen LogP contribution < -0.4 is 0 Å². The first-order valence-corrected chi connectivity index (χ1v) is 10.8. The van der Waals surface area contributed by atoms with E-state index in [1.807, 2.05) is 62.4 Å². The van der Waals surface area contributed by atoms with E-state index in [1.165, 1.54) is 12.1 Å². The Labute approximate surface area is 195 Å². The molecule has 0 atom stereocenters. The number of fused-ring (bicyclic) bond motifs is 2. The molecule has 0 saturated carbocycles. The molecule has 0 bridgehead atoms. The van der Waals surface area contributed by atoms with Gasteiger partial charge in [-0.1, -0.05) is 36.4 Å². The molecule has 0 aliphatic rings. The summed E-state index contributed by atoms with van der Waals surface area (Å²) < 4.78 is 2.17. The van der Waals surface area contributed by atoms with E-state index in [-0.39, 0.29) is 5.69 Å². The number of imidazole rings is 1. The number of nitrogens with one attached hydrogen (secondary N) is 1. The lowest BCUT2D eigenvalue weighted by atomic mass is 10.1. The van der Waals surface area contributed by atoms with E-state index in [1.54, 1.807) is 12.1 Å². The predicted octanol–water partition coefficient (Wildman–Crippen LogP) is 6.16. The number of nitro benzene ring substituents is 1. The summed E-state index contributed by atoms with van der Waals surface area (Å²) in [6.45, 7) is 4.60. The third-order valence-corrected chi connectivity index (χ3v) is 6.07. The summed E-state index contributed by atoms with van der Waals surface area (Å²) in [5, 5.41) is 22.0. The fourth-order valence-electron chi connectivity index (χ4n) is 4.30.